The van der Waals surface area contributed by atoms with Crippen LogP contribution >= 0.6 is 0 Å². The van der Waals surface area contributed by atoms with E-state index >= 15 is 0 Å². The summed E-state index contributed by atoms with van der Waals surface area (Å²) in [6, 6.07) is 2.79. The minimum absolute atomic E-state index is 0.608. The van der Waals surface area contributed by atoms with Crippen LogP contribution in [0.1, 0.15) is 63.6 Å². The lowest BCUT2D eigenvalue weighted by atomic mass is 9.98. The van der Waals surface area contributed by atoms with Crippen LogP contribution in [0, 0.1) is 0 Å². The Balaban J connectivity index is 1.88. The molecule has 3 rings (SSSR count). The molecule has 4 nitrogen and oxygen atoms in total. The molecule has 1 atom stereocenters. The van der Waals surface area contributed by atoms with Gasteiger partial charge in [-0.05, 0) is 38.5 Å². The highest BCUT2D eigenvalue weighted by Gasteiger charge is 2.29. The number of anilines is 2. The zero-order chi connectivity index (χ0) is 13.9. The van der Waals surface area contributed by atoms with E-state index in [0.717, 1.165) is 24.0 Å². The Morgan fingerprint density at radius 2 is 2.10 bits per heavy atom. The summed E-state index contributed by atoms with van der Waals surface area (Å²) in [4.78, 5) is 12.0. The van der Waals surface area contributed by atoms with Crippen molar-refractivity contribution in [1.82, 2.24) is 9.97 Å². The van der Waals surface area contributed by atoms with Gasteiger partial charge in [-0.1, -0.05) is 13.3 Å². The predicted octanol–water partition coefficient (Wildman–Crippen LogP) is 3.55. The van der Waals surface area contributed by atoms with Crippen molar-refractivity contribution in [3.8, 4) is 0 Å². The molecule has 1 aliphatic carbocycles. The number of nitrogens with one attached hydrogen (secondary N) is 1. The minimum Gasteiger partial charge on any atom is -0.373 e. The van der Waals surface area contributed by atoms with E-state index in [4.69, 9.17) is 4.98 Å². The van der Waals surface area contributed by atoms with Crippen molar-refractivity contribution in [2.24, 2.45) is 0 Å². The van der Waals surface area contributed by atoms with E-state index in [2.05, 4.69) is 28.2 Å². The van der Waals surface area contributed by atoms with E-state index in [9.17, 15) is 0 Å². The molecule has 1 saturated heterocycles. The lowest BCUT2D eigenvalue weighted by Crippen LogP contribution is -2.40. The van der Waals surface area contributed by atoms with E-state index in [0.29, 0.717) is 12.0 Å². The molecule has 2 heterocycles. The number of piperidine rings is 1. The van der Waals surface area contributed by atoms with E-state index in [-0.39, 0.29) is 0 Å². The highest BCUT2D eigenvalue weighted by molar-refractivity contribution is 5.50. The molecule has 20 heavy (non-hydrogen) atoms. The largest absolute Gasteiger partial charge is 0.373 e. The summed E-state index contributed by atoms with van der Waals surface area (Å²) >= 11 is 0. The van der Waals surface area contributed by atoms with Crippen LogP contribution in [0.5, 0.6) is 0 Å². The van der Waals surface area contributed by atoms with Gasteiger partial charge in [0.1, 0.15) is 17.5 Å². The molecule has 110 valence electrons. The smallest absolute Gasteiger partial charge is 0.136 e. The quantitative estimate of drug-likeness (QED) is 0.891. The van der Waals surface area contributed by atoms with Gasteiger partial charge in [-0.2, -0.15) is 0 Å². The van der Waals surface area contributed by atoms with Crippen LogP contribution < -0.4 is 10.2 Å². The second-order valence-corrected chi connectivity index (χ2v) is 6.13. The van der Waals surface area contributed by atoms with E-state index in [1.807, 2.05) is 7.05 Å². The van der Waals surface area contributed by atoms with Crippen LogP contribution in [0.2, 0.25) is 0 Å². The first kappa shape index (κ1) is 13.7. The summed E-state index contributed by atoms with van der Waals surface area (Å²) < 4.78 is 0. The number of hydrogen-bond donors (Lipinski definition) is 1. The first-order valence-corrected chi connectivity index (χ1v) is 8.15. The third-order valence-corrected chi connectivity index (χ3v) is 4.47. The number of nitrogens with zero attached hydrogens (tertiary/aromatic N) is 3. The monoisotopic (exact) mass is 274 g/mol. The summed E-state index contributed by atoms with van der Waals surface area (Å²) in [7, 11) is 1.95. The number of rotatable bonds is 5. The first-order valence-electron chi connectivity index (χ1n) is 8.15. The van der Waals surface area contributed by atoms with Crippen LogP contribution in [0.4, 0.5) is 11.6 Å². The molecule has 0 amide bonds. The van der Waals surface area contributed by atoms with E-state index in [1.165, 1.54) is 44.9 Å². The highest BCUT2D eigenvalue weighted by atomic mass is 15.2. The standard InChI is InChI=1S/C16H26N4/c1-3-6-13-7-4-5-10-20(13)15-11-14(17-2)18-16(19-15)12-8-9-12/h11-13H,3-10H2,1-2H3,(H,17,18,19). The van der Waals surface area contributed by atoms with Gasteiger partial charge >= 0.3 is 0 Å². The molecular formula is C16H26N4. The van der Waals surface area contributed by atoms with Crippen molar-refractivity contribution in [1.29, 1.82) is 0 Å². The van der Waals surface area contributed by atoms with Gasteiger partial charge in [0.05, 0.1) is 0 Å². The van der Waals surface area contributed by atoms with Crippen LogP contribution in [-0.2, 0) is 0 Å². The third-order valence-electron chi connectivity index (χ3n) is 4.47. The second kappa shape index (κ2) is 5.98. The Kier molecular flexibility index (Phi) is 4.08. The van der Waals surface area contributed by atoms with E-state index in [1.54, 1.807) is 0 Å². The molecule has 0 aromatic carbocycles. The van der Waals surface area contributed by atoms with Gasteiger partial charge in [0.25, 0.3) is 0 Å². The SMILES string of the molecule is CCCC1CCCCN1c1cc(NC)nc(C2CC2)n1. The van der Waals surface area contributed by atoms with Gasteiger partial charge in [-0.25, -0.2) is 9.97 Å². The molecule has 0 spiro atoms. The normalized spacial score (nSPS) is 22.9. The first-order chi connectivity index (χ1) is 9.81. The molecule has 1 unspecified atom stereocenters. The van der Waals surface area contributed by atoms with Crippen molar-refractivity contribution in [2.75, 3.05) is 23.8 Å². The Hall–Kier alpha value is -1.32. The molecule has 1 aromatic rings. The average Bonchev–Trinajstić information content (AvgIpc) is 3.32. The summed E-state index contributed by atoms with van der Waals surface area (Å²) in [6.07, 6.45) is 9.00. The molecule has 1 N–H and O–H groups in total. The maximum Gasteiger partial charge on any atom is 0.136 e. The molecule has 4 heteroatoms. The molecule has 0 bridgehead atoms. The Morgan fingerprint density at radius 3 is 2.80 bits per heavy atom. The fourth-order valence-corrected chi connectivity index (χ4v) is 3.19. The van der Waals surface area contributed by atoms with Gasteiger partial charge in [0, 0.05) is 31.6 Å². The van der Waals surface area contributed by atoms with Crippen LogP contribution in [0.25, 0.3) is 0 Å². The van der Waals surface area contributed by atoms with Gasteiger partial charge in [-0.15, -0.1) is 0 Å². The van der Waals surface area contributed by atoms with Crippen LogP contribution in [-0.4, -0.2) is 29.6 Å². The highest BCUT2D eigenvalue weighted by Crippen LogP contribution is 2.39. The Labute approximate surface area is 122 Å². The second-order valence-electron chi connectivity index (χ2n) is 6.13. The minimum atomic E-state index is 0.608. The molecule has 1 aliphatic heterocycles. The van der Waals surface area contributed by atoms with Gasteiger partial charge < -0.3 is 10.2 Å². The number of aromatic nitrogens is 2. The predicted molar refractivity (Wildman–Crippen MR) is 83.4 cm³/mol. The maximum atomic E-state index is 4.87. The zero-order valence-corrected chi connectivity index (χ0v) is 12.7. The summed E-state index contributed by atoms with van der Waals surface area (Å²) in [5.74, 6) is 3.77. The molecule has 2 aliphatic rings. The molecular weight excluding hydrogens is 248 g/mol. The van der Waals surface area contributed by atoms with Gasteiger partial charge in [-0.3, -0.25) is 0 Å². The van der Waals surface area contributed by atoms with Crippen molar-refractivity contribution < 1.29 is 0 Å². The lowest BCUT2D eigenvalue weighted by molar-refractivity contribution is 0.431. The fraction of sp³-hybridized carbons (Fsp3) is 0.750. The van der Waals surface area contributed by atoms with Crippen molar-refractivity contribution in [2.45, 2.75) is 63.8 Å². The molecule has 1 saturated carbocycles. The Bertz CT molecular complexity index is 454. The zero-order valence-electron chi connectivity index (χ0n) is 12.7. The molecule has 0 radical (unpaired) electrons. The number of hydrogen-bond acceptors (Lipinski definition) is 4. The van der Waals surface area contributed by atoms with Crippen molar-refractivity contribution >= 4 is 11.6 Å². The molecule has 2 fully saturated rings. The lowest BCUT2D eigenvalue weighted by Gasteiger charge is -2.37. The van der Waals surface area contributed by atoms with Gasteiger partial charge in [0.15, 0.2) is 0 Å². The molecule has 1 aromatic heterocycles. The Morgan fingerprint density at radius 1 is 1.25 bits per heavy atom. The topological polar surface area (TPSA) is 41.0 Å². The van der Waals surface area contributed by atoms with Crippen molar-refractivity contribution in [3.63, 3.8) is 0 Å². The summed E-state index contributed by atoms with van der Waals surface area (Å²) in [5.41, 5.74) is 0. The van der Waals surface area contributed by atoms with Crippen LogP contribution in [0.15, 0.2) is 6.07 Å². The average molecular weight is 274 g/mol. The third kappa shape index (κ3) is 2.89. The van der Waals surface area contributed by atoms with Gasteiger partial charge in [0.2, 0.25) is 0 Å². The van der Waals surface area contributed by atoms with Crippen LogP contribution in [0.3, 0.4) is 0 Å². The fourth-order valence-electron chi connectivity index (χ4n) is 3.19. The van der Waals surface area contributed by atoms with E-state index < -0.39 is 0 Å². The maximum absolute atomic E-state index is 4.87. The van der Waals surface area contributed by atoms with Crippen molar-refractivity contribution in [3.05, 3.63) is 11.9 Å². The summed E-state index contributed by atoms with van der Waals surface area (Å²) in [5, 5.41) is 3.20. The summed E-state index contributed by atoms with van der Waals surface area (Å²) in [6.45, 7) is 3.43.